The van der Waals surface area contributed by atoms with Crippen LogP contribution in [0.15, 0.2) is 0 Å². The molecule has 3 rings (SSSR count). The summed E-state index contributed by atoms with van der Waals surface area (Å²) in [6.07, 6.45) is 7.99. The van der Waals surface area contributed by atoms with E-state index in [2.05, 4.69) is 24.1 Å². The Kier molecular flexibility index (Phi) is 5.43. The number of hydrogen-bond donors (Lipinski definition) is 1. The van der Waals surface area contributed by atoms with Crippen LogP contribution in [-0.2, 0) is 9.47 Å². The summed E-state index contributed by atoms with van der Waals surface area (Å²) in [5.41, 5.74) is 0.383. The summed E-state index contributed by atoms with van der Waals surface area (Å²) in [4.78, 5) is 2.68. The van der Waals surface area contributed by atoms with Crippen molar-refractivity contribution in [1.29, 1.82) is 0 Å². The number of hydrogen-bond acceptors (Lipinski definition) is 4. The second-order valence-electron chi connectivity index (χ2n) is 8.28. The average molecular weight is 310 g/mol. The Morgan fingerprint density at radius 1 is 1.14 bits per heavy atom. The predicted octanol–water partition coefficient (Wildman–Crippen LogP) is 2.43. The van der Waals surface area contributed by atoms with Crippen molar-refractivity contribution in [3.05, 3.63) is 0 Å². The smallest absolute Gasteiger partial charge is 0.0700 e. The Bertz CT molecular complexity index is 349. The van der Waals surface area contributed by atoms with Crippen LogP contribution in [0.4, 0.5) is 0 Å². The van der Waals surface area contributed by atoms with Gasteiger partial charge in [-0.05, 0) is 65.5 Å². The molecule has 4 nitrogen and oxygen atoms in total. The van der Waals surface area contributed by atoms with Gasteiger partial charge < -0.3 is 19.7 Å². The predicted molar refractivity (Wildman–Crippen MR) is 89.2 cm³/mol. The summed E-state index contributed by atoms with van der Waals surface area (Å²) in [7, 11) is 0. The maximum Gasteiger partial charge on any atom is 0.0700 e. The van der Waals surface area contributed by atoms with Crippen LogP contribution in [0.1, 0.15) is 52.4 Å². The molecule has 0 amide bonds. The lowest BCUT2D eigenvalue weighted by molar-refractivity contribution is -0.110. The highest BCUT2D eigenvalue weighted by Gasteiger charge is 2.42. The molecule has 3 aliphatic heterocycles. The quantitative estimate of drug-likeness (QED) is 0.817. The first-order valence-corrected chi connectivity index (χ1v) is 9.26. The zero-order valence-corrected chi connectivity index (χ0v) is 14.5. The minimum Gasteiger partial charge on any atom is -0.377 e. The maximum atomic E-state index is 5.99. The molecule has 3 fully saturated rings. The third kappa shape index (κ3) is 4.44. The highest BCUT2D eigenvalue weighted by Crippen LogP contribution is 2.39. The largest absolute Gasteiger partial charge is 0.377 e. The van der Waals surface area contributed by atoms with Crippen molar-refractivity contribution in [3.63, 3.8) is 0 Å². The minimum absolute atomic E-state index is 0.0174. The number of nitrogens with one attached hydrogen (secondary N) is 1. The van der Waals surface area contributed by atoms with Gasteiger partial charge in [-0.1, -0.05) is 0 Å². The van der Waals surface area contributed by atoms with E-state index in [-0.39, 0.29) is 5.60 Å². The van der Waals surface area contributed by atoms with Gasteiger partial charge in [0.05, 0.1) is 11.7 Å². The third-order valence-corrected chi connectivity index (χ3v) is 5.58. The molecule has 2 atom stereocenters. The zero-order valence-electron chi connectivity index (χ0n) is 14.5. The third-order valence-electron chi connectivity index (χ3n) is 5.58. The van der Waals surface area contributed by atoms with Crippen LogP contribution in [0.2, 0.25) is 0 Å². The number of rotatable bonds is 6. The second kappa shape index (κ2) is 7.16. The average Bonchev–Trinajstić information content (AvgIpc) is 3.11. The Morgan fingerprint density at radius 3 is 2.64 bits per heavy atom. The van der Waals surface area contributed by atoms with Crippen LogP contribution in [0.5, 0.6) is 0 Å². The van der Waals surface area contributed by atoms with Gasteiger partial charge in [-0.3, -0.25) is 0 Å². The van der Waals surface area contributed by atoms with E-state index in [9.17, 15) is 0 Å². The van der Waals surface area contributed by atoms with E-state index in [1.807, 2.05) is 0 Å². The van der Waals surface area contributed by atoms with E-state index < -0.39 is 0 Å². The van der Waals surface area contributed by atoms with Crippen molar-refractivity contribution in [2.75, 3.05) is 45.9 Å². The fourth-order valence-corrected chi connectivity index (χ4v) is 4.65. The van der Waals surface area contributed by atoms with Gasteiger partial charge in [0.25, 0.3) is 0 Å². The lowest BCUT2D eigenvalue weighted by Gasteiger charge is -2.47. The molecule has 0 saturated carbocycles. The van der Waals surface area contributed by atoms with Crippen molar-refractivity contribution in [1.82, 2.24) is 10.2 Å². The van der Waals surface area contributed by atoms with Gasteiger partial charge in [0.1, 0.15) is 0 Å². The normalized spacial score (nSPS) is 36.0. The molecule has 22 heavy (non-hydrogen) atoms. The molecule has 0 aromatic carbocycles. The molecule has 0 spiro atoms. The highest BCUT2D eigenvalue weighted by molar-refractivity contribution is 4.94. The standard InChI is InChI=1S/C18H34N2O2/c1-17(2)13-18(7-11-22-17,15-20-8-3-4-9-20)14-19-12-16-6-5-10-21-16/h16,19H,3-15H2,1-2H3/t16-,18-/m0/s1. The van der Waals surface area contributed by atoms with Crippen LogP contribution in [-0.4, -0.2) is 62.5 Å². The Morgan fingerprint density at radius 2 is 1.95 bits per heavy atom. The molecular weight excluding hydrogens is 276 g/mol. The summed E-state index contributed by atoms with van der Waals surface area (Å²) in [5.74, 6) is 0. The van der Waals surface area contributed by atoms with Crippen molar-refractivity contribution in [2.24, 2.45) is 5.41 Å². The van der Waals surface area contributed by atoms with Crippen LogP contribution in [0.3, 0.4) is 0 Å². The Labute approximate surface area is 135 Å². The minimum atomic E-state index is 0.0174. The molecule has 0 unspecified atom stereocenters. The van der Waals surface area contributed by atoms with Crippen molar-refractivity contribution >= 4 is 0 Å². The molecular formula is C18H34N2O2. The summed E-state index contributed by atoms with van der Waals surface area (Å²) in [5, 5.41) is 3.74. The summed E-state index contributed by atoms with van der Waals surface area (Å²) in [6.45, 7) is 12.3. The summed E-state index contributed by atoms with van der Waals surface area (Å²) >= 11 is 0. The first-order valence-electron chi connectivity index (χ1n) is 9.26. The molecule has 0 aromatic rings. The molecule has 1 N–H and O–H groups in total. The van der Waals surface area contributed by atoms with E-state index in [0.717, 1.165) is 32.7 Å². The first kappa shape index (κ1) is 16.7. The van der Waals surface area contributed by atoms with Gasteiger partial charge in [-0.2, -0.15) is 0 Å². The fraction of sp³-hybridized carbons (Fsp3) is 1.00. The van der Waals surface area contributed by atoms with Gasteiger partial charge in [0, 0.05) is 38.3 Å². The molecule has 0 bridgehead atoms. The lowest BCUT2D eigenvalue weighted by atomic mass is 9.73. The molecule has 3 aliphatic rings. The van der Waals surface area contributed by atoms with Crippen molar-refractivity contribution in [2.45, 2.75) is 64.1 Å². The Hall–Kier alpha value is -0.160. The van der Waals surface area contributed by atoms with Gasteiger partial charge in [0.2, 0.25) is 0 Å². The molecule has 3 heterocycles. The maximum absolute atomic E-state index is 5.99. The van der Waals surface area contributed by atoms with Crippen LogP contribution < -0.4 is 5.32 Å². The molecule has 128 valence electrons. The van der Waals surface area contributed by atoms with Crippen LogP contribution in [0, 0.1) is 5.41 Å². The van der Waals surface area contributed by atoms with Gasteiger partial charge in [-0.25, -0.2) is 0 Å². The molecule has 0 aromatic heterocycles. The molecule has 0 radical (unpaired) electrons. The zero-order chi connectivity index (χ0) is 15.5. The second-order valence-corrected chi connectivity index (χ2v) is 8.28. The first-order chi connectivity index (χ1) is 10.6. The molecule has 3 saturated heterocycles. The van der Waals surface area contributed by atoms with E-state index >= 15 is 0 Å². The monoisotopic (exact) mass is 310 g/mol. The topological polar surface area (TPSA) is 33.7 Å². The summed E-state index contributed by atoms with van der Waals surface area (Å²) in [6, 6.07) is 0. The van der Waals surface area contributed by atoms with Crippen LogP contribution >= 0.6 is 0 Å². The number of likely N-dealkylation sites (tertiary alicyclic amines) is 1. The number of nitrogens with zero attached hydrogens (tertiary/aromatic N) is 1. The number of ether oxygens (including phenoxy) is 2. The van der Waals surface area contributed by atoms with Gasteiger partial charge in [0.15, 0.2) is 0 Å². The fourth-order valence-electron chi connectivity index (χ4n) is 4.65. The SMILES string of the molecule is CC1(C)C[C@@](CNC[C@@H]2CCCO2)(CN2CCCC2)CCO1. The van der Waals surface area contributed by atoms with E-state index in [1.165, 1.54) is 51.7 Å². The van der Waals surface area contributed by atoms with Gasteiger partial charge >= 0.3 is 0 Å². The van der Waals surface area contributed by atoms with Crippen LogP contribution in [0.25, 0.3) is 0 Å². The Balaban J connectivity index is 1.57. The van der Waals surface area contributed by atoms with E-state index in [4.69, 9.17) is 9.47 Å². The summed E-state index contributed by atoms with van der Waals surface area (Å²) < 4.78 is 11.7. The van der Waals surface area contributed by atoms with Gasteiger partial charge in [-0.15, -0.1) is 0 Å². The molecule has 0 aliphatic carbocycles. The highest BCUT2D eigenvalue weighted by atomic mass is 16.5. The van der Waals surface area contributed by atoms with Crippen molar-refractivity contribution in [3.8, 4) is 0 Å². The lowest BCUT2D eigenvalue weighted by Crippen LogP contribution is -2.52. The van der Waals surface area contributed by atoms with Crippen molar-refractivity contribution < 1.29 is 9.47 Å². The van der Waals surface area contributed by atoms with E-state index in [1.54, 1.807) is 0 Å². The molecule has 4 heteroatoms. The van der Waals surface area contributed by atoms with E-state index in [0.29, 0.717) is 11.5 Å².